The fraction of sp³-hybridized carbons (Fsp3) is 0.571. The Hall–Kier alpha value is -1.25. The van der Waals surface area contributed by atoms with Crippen molar-refractivity contribution in [3.8, 4) is 0 Å². The van der Waals surface area contributed by atoms with Crippen LogP contribution in [0.15, 0.2) is 18.2 Å². The number of benzene rings is 1. The molecule has 0 aromatic heterocycles. The molecule has 2 rings (SSSR count). The van der Waals surface area contributed by atoms with E-state index in [0.29, 0.717) is 11.7 Å². The monoisotopic (exact) mass is 236 g/mol. The molecular weight excluding hydrogens is 215 g/mol. The second kappa shape index (κ2) is 5.39. The van der Waals surface area contributed by atoms with Gasteiger partial charge in [0.2, 0.25) is 0 Å². The summed E-state index contributed by atoms with van der Waals surface area (Å²) >= 11 is 0. The van der Waals surface area contributed by atoms with Crippen LogP contribution >= 0.6 is 0 Å². The molecule has 3 N–H and O–H groups in total. The number of nitrogen functional groups attached to an aromatic ring is 1. The van der Waals surface area contributed by atoms with Crippen LogP contribution in [0.3, 0.4) is 0 Å². The SMILES string of the molecule is CC1CCCC(Nc2cc(F)ccc2N)CC1. The van der Waals surface area contributed by atoms with Crippen molar-refractivity contribution in [3.05, 3.63) is 24.0 Å². The van der Waals surface area contributed by atoms with Gasteiger partial charge in [0.1, 0.15) is 5.82 Å². The molecule has 2 nitrogen and oxygen atoms in total. The lowest BCUT2D eigenvalue weighted by Gasteiger charge is -2.19. The number of nitrogens with two attached hydrogens (primary N) is 1. The van der Waals surface area contributed by atoms with Gasteiger partial charge in [-0.2, -0.15) is 0 Å². The van der Waals surface area contributed by atoms with E-state index in [0.717, 1.165) is 24.4 Å². The molecule has 1 fully saturated rings. The van der Waals surface area contributed by atoms with Crippen LogP contribution in [0.5, 0.6) is 0 Å². The summed E-state index contributed by atoms with van der Waals surface area (Å²) < 4.78 is 13.1. The van der Waals surface area contributed by atoms with Crippen molar-refractivity contribution in [1.29, 1.82) is 0 Å². The van der Waals surface area contributed by atoms with Crippen LogP contribution in [0.25, 0.3) is 0 Å². The van der Waals surface area contributed by atoms with Crippen molar-refractivity contribution in [2.75, 3.05) is 11.1 Å². The van der Waals surface area contributed by atoms with E-state index in [-0.39, 0.29) is 5.82 Å². The van der Waals surface area contributed by atoms with Crippen LogP contribution in [-0.2, 0) is 0 Å². The molecule has 2 atom stereocenters. The van der Waals surface area contributed by atoms with Crippen molar-refractivity contribution >= 4 is 11.4 Å². The van der Waals surface area contributed by atoms with Crippen molar-refractivity contribution in [2.24, 2.45) is 5.92 Å². The van der Waals surface area contributed by atoms with Crippen molar-refractivity contribution < 1.29 is 4.39 Å². The fourth-order valence-corrected chi connectivity index (χ4v) is 2.50. The third-order valence-electron chi connectivity index (χ3n) is 3.63. The van der Waals surface area contributed by atoms with Gasteiger partial charge < -0.3 is 11.1 Å². The summed E-state index contributed by atoms with van der Waals surface area (Å²) in [6, 6.07) is 4.94. The zero-order chi connectivity index (χ0) is 12.3. The first-order valence-electron chi connectivity index (χ1n) is 6.46. The molecule has 2 unspecified atom stereocenters. The summed E-state index contributed by atoms with van der Waals surface area (Å²) in [4.78, 5) is 0. The van der Waals surface area contributed by atoms with Gasteiger partial charge in [-0.3, -0.25) is 0 Å². The summed E-state index contributed by atoms with van der Waals surface area (Å²) in [5.41, 5.74) is 7.21. The summed E-state index contributed by atoms with van der Waals surface area (Å²) in [6.07, 6.45) is 6.09. The number of hydrogen-bond donors (Lipinski definition) is 2. The Morgan fingerprint density at radius 1 is 1.24 bits per heavy atom. The smallest absolute Gasteiger partial charge is 0.125 e. The molecule has 0 heterocycles. The highest BCUT2D eigenvalue weighted by molar-refractivity contribution is 5.66. The second-order valence-corrected chi connectivity index (χ2v) is 5.19. The Labute approximate surface area is 102 Å². The van der Waals surface area contributed by atoms with Gasteiger partial charge in [-0.05, 0) is 43.4 Å². The molecule has 0 saturated heterocycles. The third-order valence-corrected chi connectivity index (χ3v) is 3.63. The first-order valence-corrected chi connectivity index (χ1v) is 6.46. The summed E-state index contributed by atoms with van der Waals surface area (Å²) in [5.74, 6) is 0.579. The van der Waals surface area contributed by atoms with Crippen LogP contribution in [0.4, 0.5) is 15.8 Å². The molecule has 1 aliphatic carbocycles. The van der Waals surface area contributed by atoms with Gasteiger partial charge in [-0.1, -0.05) is 19.8 Å². The van der Waals surface area contributed by atoms with E-state index in [1.165, 1.54) is 31.4 Å². The Balaban J connectivity index is 2.02. The highest BCUT2D eigenvalue weighted by Crippen LogP contribution is 2.27. The molecule has 94 valence electrons. The molecule has 1 saturated carbocycles. The van der Waals surface area contributed by atoms with E-state index >= 15 is 0 Å². The topological polar surface area (TPSA) is 38.0 Å². The zero-order valence-corrected chi connectivity index (χ0v) is 10.4. The molecule has 0 amide bonds. The molecule has 3 heteroatoms. The minimum absolute atomic E-state index is 0.233. The lowest BCUT2D eigenvalue weighted by Crippen LogP contribution is -2.19. The maximum absolute atomic E-state index is 13.1. The Kier molecular flexibility index (Phi) is 3.87. The van der Waals surface area contributed by atoms with Gasteiger partial charge in [0, 0.05) is 6.04 Å². The molecule has 1 aromatic carbocycles. The molecular formula is C14H21FN2. The van der Waals surface area contributed by atoms with Gasteiger partial charge >= 0.3 is 0 Å². The van der Waals surface area contributed by atoms with Crippen molar-refractivity contribution in [1.82, 2.24) is 0 Å². The minimum atomic E-state index is -0.233. The fourth-order valence-electron chi connectivity index (χ4n) is 2.50. The molecule has 0 spiro atoms. The van der Waals surface area contributed by atoms with Gasteiger partial charge in [-0.15, -0.1) is 0 Å². The average Bonchev–Trinajstić information content (AvgIpc) is 2.49. The summed E-state index contributed by atoms with van der Waals surface area (Å²) in [7, 11) is 0. The lowest BCUT2D eigenvalue weighted by molar-refractivity contribution is 0.502. The molecule has 17 heavy (non-hydrogen) atoms. The third kappa shape index (κ3) is 3.35. The number of hydrogen-bond acceptors (Lipinski definition) is 2. The van der Waals surface area contributed by atoms with Crippen molar-refractivity contribution in [3.63, 3.8) is 0 Å². The summed E-state index contributed by atoms with van der Waals surface area (Å²) in [5, 5.41) is 3.39. The normalized spacial score (nSPS) is 25.3. The molecule has 1 aliphatic rings. The largest absolute Gasteiger partial charge is 0.397 e. The van der Waals surface area contributed by atoms with Crippen LogP contribution in [0.2, 0.25) is 0 Å². The van der Waals surface area contributed by atoms with Gasteiger partial charge in [0.15, 0.2) is 0 Å². The number of rotatable bonds is 2. The van der Waals surface area contributed by atoms with E-state index in [9.17, 15) is 4.39 Å². The zero-order valence-electron chi connectivity index (χ0n) is 10.4. The summed E-state index contributed by atoms with van der Waals surface area (Å²) in [6.45, 7) is 2.30. The van der Waals surface area contributed by atoms with E-state index in [2.05, 4.69) is 12.2 Å². The van der Waals surface area contributed by atoms with E-state index in [1.54, 1.807) is 6.07 Å². The predicted molar refractivity (Wildman–Crippen MR) is 70.5 cm³/mol. The van der Waals surface area contributed by atoms with Gasteiger partial charge in [0.25, 0.3) is 0 Å². The Bertz CT molecular complexity index is 378. The quantitative estimate of drug-likeness (QED) is 0.605. The van der Waals surface area contributed by atoms with E-state index < -0.39 is 0 Å². The number of nitrogens with one attached hydrogen (secondary N) is 1. The van der Waals surface area contributed by atoms with Crippen LogP contribution in [0, 0.1) is 11.7 Å². The van der Waals surface area contributed by atoms with Crippen molar-refractivity contribution in [2.45, 2.75) is 45.1 Å². The highest BCUT2D eigenvalue weighted by Gasteiger charge is 2.16. The molecule has 0 radical (unpaired) electrons. The highest BCUT2D eigenvalue weighted by atomic mass is 19.1. The lowest BCUT2D eigenvalue weighted by atomic mass is 10.0. The van der Waals surface area contributed by atoms with Crippen LogP contribution < -0.4 is 11.1 Å². The number of anilines is 2. The second-order valence-electron chi connectivity index (χ2n) is 5.19. The minimum Gasteiger partial charge on any atom is -0.397 e. The Morgan fingerprint density at radius 2 is 2.06 bits per heavy atom. The molecule has 0 bridgehead atoms. The molecule has 1 aromatic rings. The maximum atomic E-state index is 13.1. The van der Waals surface area contributed by atoms with Crippen LogP contribution in [0.1, 0.15) is 39.0 Å². The predicted octanol–water partition coefficient (Wildman–Crippen LogP) is 3.79. The van der Waals surface area contributed by atoms with Gasteiger partial charge in [0.05, 0.1) is 11.4 Å². The van der Waals surface area contributed by atoms with Crippen LogP contribution in [-0.4, -0.2) is 6.04 Å². The Morgan fingerprint density at radius 3 is 2.88 bits per heavy atom. The maximum Gasteiger partial charge on any atom is 0.125 e. The average molecular weight is 236 g/mol. The standard InChI is InChI=1S/C14H21FN2/c1-10-3-2-4-12(7-5-10)17-14-9-11(15)6-8-13(14)16/h6,8-10,12,17H,2-5,7,16H2,1H3. The van der Waals surface area contributed by atoms with E-state index in [4.69, 9.17) is 5.73 Å². The molecule has 0 aliphatic heterocycles. The first-order chi connectivity index (χ1) is 8.15. The number of halogens is 1. The first kappa shape index (κ1) is 12.2. The van der Waals surface area contributed by atoms with E-state index in [1.807, 2.05) is 0 Å². The van der Waals surface area contributed by atoms with Gasteiger partial charge in [-0.25, -0.2) is 4.39 Å².